The Morgan fingerprint density at radius 3 is 1.61 bits per heavy atom. The number of carboxylic acid groups (broad SMARTS) is 3. The molecule has 1 N–H and O–H groups in total. The molecule has 0 aromatic carbocycles. The van der Waals surface area contributed by atoms with Crippen molar-refractivity contribution >= 4 is 17.9 Å². The largest absolute Gasteiger partial charge is 1.00 e. The summed E-state index contributed by atoms with van der Waals surface area (Å²) in [6.45, 7) is 1.39. The Kier molecular flexibility index (Phi) is 22.7. The smallest absolute Gasteiger partial charge is 0.550 e. The predicted octanol–water partition coefficient (Wildman–Crippen LogP) is -13.6. The van der Waals surface area contributed by atoms with Gasteiger partial charge in [-0.2, -0.15) is 0 Å². The molecule has 0 heterocycles. The van der Waals surface area contributed by atoms with E-state index < -0.39 is 42.8 Å². The van der Waals surface area contributed by atoms with Crippen LogP contribution in [0.5, 0.6) is 0 Å². The van der Waals surface area contributed by atoms with Crippen molar-refractivity contribution in [2.45, 2.75) is 31.8 Å². The van der Waals surface area contributed by atoms with Crippen molar-refractivity contribution in [1.82, 2.24) is 5.32 Å². The molecule has 0 bridgehead atoms. The second-order valence-electron chi connectivity index (χ2n) is 3.09. The topological polar surface area (TPSA) is 132 Å². The van der Waals surface area contributed by atoms with Crippen molar-refractivity contribution in [2.24, 2.45) is 0 Å². The van der Waals surface area contributed by atoms with Gasteiger partial charge in [0.2, 0.25) is 0 Å². The molecule has 0 rings (SSSR count). The van der Waals surface area contributed by atoms with Crippen LogP contribution in [0.2, 0.25) is 0 Å². The Bertz CT molecular complexity index is 276. The van der Waals surface area contributed by atoms with Gasteiger partial charge in [0.05, 0.1) is 12.0 Å². The third-order valence-electron chi connectivity index (χ3n) is 1.61. The summed E-state index contributed by atoms with van der Waals surface area (Å²) >= 11 is 0. The van der Waals surface area contributed by atoms with E-state index in [1.807, 2.05) is 0 Å². The first-order valence-corrected chi connectivity index (χ1v) is 4.19. The first-order valence-electron chi connectivity index (χ1n) is 4.19. The van der Waals surface area contributed by atoms with Gasteiger partial charge in [-0.05, 0) is 6.92 Å². The van der Waals surface area contributed by atoms with E-state index in [2.05, 4.69) is 5.32 Å². The van der Waals surface area contributed by atoms with Crippen molar-refractivity contribution < 1.29 is 118 Å². The van der Waals surface area contributed by atoms with E-state index in [1.165, 1.54) is 6.92 Å². The molecule has 10 heteroatoms. The summed E-state index contributed by atoms with van der Waals surface area (Å²) in [5, 5.41) is 33.0. The van der Waals surface area contributed by atoms with Crippen molar-refractivity contribution in [1.29, 1.82) is 0 Å². The average Bonchev–Trinajstić information content (AvgIpc) is 1.99. The van der Waals surface area contributed by atoms with Gasteiger partial charge in [-0.3, -0.25) is 0 Å². The zero-order valence-corrected chi connectivity index (χ0v) is 17.0. The van der Waals surface area contributed by atoms with E-state index >= 15 is 0 Å². The van der Waals surface area contributed by atoms with Gasteiger partial charge in [0.1, 0.15) is 0 Å². The standard InChI is InChI=1S/C8H13NO6.3Na/c1-4(2-6(10)11)9-5(8(14)15)3-7(12)13;;;/h4-5,9H,2-3H2,1H3,(H,10,11)(H,12,13)(H,14,15);;;/q;3*+1/p-3/t4?,5-;;;/m0.../s1. The molecule has 0 saturated heterocycles. The van der Waals surface area contributed by atoms with Gasteiger partial charge in [-0.15, -0.1) is 0 Å². The molecular weight excluding hydrogens is 275 g/mol. The van der Waals surface area contributed by atoms with Crippen molar-refractivity contribution in [3.05, 3.63) is 0 Å². The van der Waals surface area contributed by atoms with Gasteiger partial charge in [0.25, 0.3) is 0 Å². The fourth-order valence-electron chi connectivity index (χ4n) is 1.03. The van der Waals surface area contributed by atoms with Gasteiger partial charge in [0.15, 0.2) is 0 Å². The van der Waals surface area contributed by atoms with Gasteiger partial charge >= 0.3 is 88.7 Å². The molecule has 0 amide bonds. The van der Waals surface area contributed by atoms with Gasteiger partial charge in [0, 0.05) is 30.8 Å². The molecule has 18 heavy (non-hydrogen) atoms. The first-order chi connectivity index (χ1) is 6.82. The molecule has 0 spiro atoms. The second kappa shape index (κ2) is 14.8. The van der Waals surface area contributed by atoms with E-state index in [9.17, 15) is 29.7 Å². The van der Waals surface area contributed by atoms with Gasteiger partial charge in [-0.25, -0.2) is 0 Å². The summed E-state index contributed by atoms with van der Waals surface area (Å²) in [5.41, 5.74) is 0. The monoisotopic (exact) mass is 285 g/mol. The van der Waals surface area contributed by atoms with Crippen LogP contribution in [0, 0.1) is 0 Å². The fourth-order valence-corrected chi connectivity index (χ4v) is 1.03. The van der Waals surface area contributed by atoms with Crippen molar-refractivity contribution in [3.63, 3.8) is 0 Å². The zero-order chi connectivity index (χ0) is 12.0. The predicted molar refractivity (Wildman–Crippen MR) is 40.6 cm³/mol. The van der Waals surface area contributed by atoms with Crippen LogP contribution in [0.15, 0.2) is 0 Å². The van der Waals surface area contributed by atoms with E-state index in [1.54, 1.807) is 0 Å². The molecular formula is C8H10NNa3O6. The molecule has 0 saturated carbocycles. The Morgan fingerprint density at radius 1 is 0.944 bits per heavy atom. The van der Waals surface area contributed by atoms with Gasteiger partial charge in [-0.1, -0.05) is 0 Å². The van der Waals surface area contributed by atoms with Crippen LogP contribution in [-0.4, -0.2) is 30.0 Å². The van der Waals surface area contributed by atoms with Crippen LogP contribution < -0.4 is 109 Å². The van der Waals surface area contributed by atoms with Crippen molar-refractivity contribution in [3.8, 4) is 0 Å². The maximum atomic E-state index is 10.4. The first kappa shape index (κ1) is 27.7. The third-order valence-corrected chi connectivity index (χ3v) is 1.61. The summed E-state index contributed by atoms with van der Waals surface area (Å²) in [6, 6.07) is -2.19. The van der Waals surface area contributed by atoms with E-state index in [0.29, 0.717) is 0 Å². The number of carbonyl (C=O) groups excluding carboxylic acids is 3. The zero-order valence-electron chi connectivity index (χ0n) is 11.0. The number of nitrogens with one attached hydrogen (secondary N) is 1. The molecule has 2 atom stereocenters. The number of carboxylic acids is 3. The normalized spacial score (nSPS) is 11.8. The SMILES string of the molecule is CC(CC(=O)[O-])N[C@@H](CC(=O)[O-])C(=O)[O-].[Na+].[Na+].[Na+]. The molecule has 0 aliphatic carbocycles. The van der Waals surface area contributed by atoms with Crippen LogP contribution in [-0.2, 0) is 14.4 Å². The van der Waals surface area contributed by atoms with Crippen LogP contribution in [0.3, 0.4) is 0 Å². The minimum absolute atomic E-state index is 0. The summed E-state index contributed by atoms with van der Waals surface area (Å²) in [7, 11) is 0. The number of carbonyl (C=O) groups is 3. The van der Waals surface area contributed by atoms with Crippen LogP contribution in [0.1, 0.15) is 19.8 Å². The average molecular weight is 285 g/mol. The molecule has 1 unspecified atom stereocenters. The summed E-state index contributed by atoms with van der Waals surface area (Å²) in [6.07, 6.45) is -1.20. The van der Waals surface area contributed by atoms with Crippen LogP contribution in [0.25, 0.3) is 0 Å². The maximum Gasteiger partial charge on any atom is 1.00 e. The summed E-state index contributed by atoms with van der Waals surface area (Å²) in [4.78, 5) is 30.7. The summed E-state index contributed by atoms with van der Waals surface area (Å²) < 4.78 is 0. The Balaban J connectivity index is -0.000000327. The van der Waals surface area contributed by atoms with Crippen LogP contribution in [0.4, 0.5) is 0 Å². The molecule has 0 aromatic rings. The number of hydrogen-bond acceptors (Lipinski definition) is 7. The number of hydrogen-bond donors (Lipinski definition) is 1. The molecule has 0 aliphatic heterocycles. The fraction of sp³-hybridized carbons (Fsp3) is 0.625. The maximum absolute atomic E-state index is 10.4. The van der Waals surface area contributed by atoms with Crippen molar-refractivity contribution in [2.75, 3.05) is 0 Å². The quantitative estimate of drug-likeness (QED) is 0.459. The van der Waals surface area contributed by atoms with Gasteiger partial charge < -0.3 is 35.0 Å². The Labute approximate surface area is 171 Å². The van der Waals surface area contributed by atoms with Crippen LogP contribution >= 0.6 is 0 Å². The minimum Gasteiger partial charge on any atom is -0.550 e. The van der Waals surface area contributed by atoms with E-state index in [-0.39, 0.29) is 88.7 Å². The Morgan fingerprint density at radius 2 is 1.33 bits per heavy atom. The molecule has 7 nitrogen and oxygen atoms in total. The molecule has 0 aromatic heterocycles. The van der Waals surface area contributed by atoms with E-state index in [0.717, 1.165) is 0 Å². The molecule has 0 radical (unpaired) electrons. The summed E-state index contributed by atoms with van der Waals surface area (Å²) in [5.74, 6) is -4.54. The number of rotatable bonds is 7. The second-order valence-corrected chi connectivity index (χ2v) is 3.09. The number of aliphatic carboxylic acids is 3. The molecule has 86 valence electrons. The van der Waals surface area contributed by atoms with E-state index in [4.69, 9.17) is 0 Å². The Hall–Kier alpha value is 1.37. The minimum atomic E-state index is -1.62. The third kappa shape index (κ3) is 15.4. The molecule has 0 fully saturated rings. The molecule has 0 aliphatic rings.